The number of ether oxygens (including phenoxy) is 2. The van der Waals surface area contributed by atoms with Crippen molar-refractivity contribution in [3.05, 3.63) is 59.3 Å². The van der Waals surface area contributed by atoms with Crippen molar-refractivity contribution in [2.75, 3.05) is 6.61 Å². The minimum absolute atomic E-state index is 0.260. The zero-order chi connectivity index (χ0) is 18.4. The van der Waals surface area contributed by atoms with Crippen LogP contribution in [0.3, 0.4) is 0 Å². The molecule has 1 atom stereocenters. The number of aromatic nitrogens is 2. The first kappa shape index (κ1) is 17.9. The van der Waals surface area contributed by atoms with E-state index in [0.29, 0.717) is 12.5 Å². The second-order valence-electron chi connectivity index (χ2n) is 5.34. The summed E-state index contributed by atoms with van der Waals surface area (Å²) >= 11 is 1.50. The van der Waals surface area contributed by atoms with Crippen LogP contribution in [0.25, 0.3) is 16.8 Å². The number of rotatable bonds is 7. The number of benzene rings is 1. The molecule has 3 rings (SSSR count). The number of carbonyl (C=O) groups is 1. The van der Waals surface area contributed by atoms with Crippen molar-refractivity contribution < 1.29 is 18.7 Å². The van der Waals surface area contributed by atoms with Crippen molar-refractivity contribution in [1.29, 1.82) is 0 Å². The van der Waals surface area contributed by atoms with Gasteiger partial charge in [0.05, 0.1) is 11.5 Å². The van der Waals surface area contributed by atoms with Crippen LogP contribution in [-0.2, 0) is 9.53 Å². The Bertz CT molecular complexity index is 869. The fourth-order valence-corrected chi connectivity index (χ4v) is 2.81. The van der Waals surface area contributed by atoms with Gasteiger partial charge < -0.3 is 13.9 Å². The Balaban J connectivity index is 1.57. The molecule has 2 heterocycles. The average Bonchev–Trinajstić information content (AvgIpc) is 3.32. The zero-order valence-electron chi connectivity index (χ0n) is 14.4. The van der Waals surface area contributed by atoms with Gasteiger partial charge in [0.2, 0.25) is 0 Å². The molecule has 3 aromatic rings. The van der Waals surface area contributed by atoms with E-state index in [1.807, 2.05) is 48.7 Å². The van der Waals surface area contributed by atoms with Gasteiger partial charge in [0, 0.05) is 6.08 Å². The molecule has 26 heavy (non-hydrogen) atoms. The van der Waals surface area contributed by atoms with E-state index < -0.39 is 12.1 Å². The lowest BCUT2D eigenvalue weighted by Crippen LogP contribution is -2.06. The summed E-state index contributed by atoms with van der Waals surface area (Å²) in [5.41, 5.74) is 0.871. The SMILES string of the molecule is CCOc1ccc(/C=C/C(=O)OC(C)c2nnc(-c3cccs3)o2)cc1. The molecule has 0 saturated heterocycles. The maximum absolute atomic E-state index is 12.0. The quantitative estimate of drug-likeness (QED) is 0.450. The van der Waals surface area contributed by atoms with Crippen molar-refractivity contribution in [2.24, 2.45) is 0 Å². The van der Waals surface area contributed by atoms with Crippen LogP contribution in [-0.4, -0.2) is 22.8 Å². The van der Waals surface area contributed by atoms with E-state index in [2.05, 4.69) is 10.2 Å². The molecular formula is C19H18N2O4S. The minimum atomic E-state index is -0.631. The molecule has 7 heteroatoms. The topological polar surface area (TPSA) is 74.5 Å². The van der Waals surface area contributed by atoms with Crippen molar-refractivity contribution >= 4 is 23.4 Å². The number of carbonyl (C=O) groups excluding carboxylic acids is 1. The van der Waals surface area contributed by atoms with Gasteiger partial charge in [-0.1, -0.05) is 18.2 Å². The first-order valence-corrected chi connectivity index (χ1v) is 9.02. The molecule has 134 valence electrons. The molecule has 0 saturated carbocycles. The molecule has 0 spiro atoms. The second kappa shape index (κ2) is 8.44. The molecule has 1 unspecified atom stereocenters. The van der Waals surface area contributed by atoms with Crippen molar-refractivity contribution in [3.63, 3.8) is 0 Å². The first-order valence-electron chi connectivity index (χ1n) is 8.14. The Kier molecular flexibility index (Phi) is 5.80. The summed E-state index contributed by atoms with van der Waals surface area (Å²) in [5.74, 6) is 0.986. The molecule has 0 aliphatic rings. The Morgan fingerprint density at radius 3 is 2.77 bits per heavy atom. The van der Waals surface area contributed by atoms with Gasteiger partial charge in [-0.15, -0.1) is 21.5 Å². The van der Waals surface area contributed by atoms with E-state index >= 15 is 0 Å². The summed E-state index contributed by atoms with van der Waals surface area (Å²) in [6.45, 7) is 4.23. The summed E-state index contributed by atoms with van der Waals surface area (Å²) in [4.78, 5) is 12.9. The zero-order valence-corrected chi connectivity index (χ0v) is 15.2. The first-order chi connectivity index (χ1) is 12.7. The highest BCUT2D eigenvalue weighted by Gasteiger charge is 2.18. The van der Waals surface area contributed by atoms with Crippen LogP contribution in [0.5, 0.6) is 5.75 Å². The molecule has 0 fully saturated rings. The van der Waals surface area contributed by atoms with Gasteiger partial charge in [-0.3, -0.25) is 0 Å². The number of thiophene rings is 1. The summed E-state index contributed by atoms with van der Waals surface area (Å²) < 4.78 is 16.2. The summed E-state index contributed by atoms with van der Waals surface area (Å²) in [6.07, 6.45) is 2.41. The van der Waals surface area contributed by atoms with E-state index in [4.69, 9.17) is 13.9 Å². The standard InChI is InChI=1S/C19H18N2O4S/c1-3-23-15-9-6-14(7-10-15)8-11-17(22)24-13(2)18-20-21-19(25-18)16-5-4-12-26-16/h4-13H,3H2,1-2H3/b11-8+. The predicted octanol–water partition coefficient (Wildman–Crippen LogP) is 4.51. The molecule has 0 radical (unpaired) electrons. The number of hydrogen-bond acceptors (Lipinski definition) is 7. The number of esters is 1. The number of hydrogen-bond donors (Lipinski definition) is 0. The molecule has 1 aromatic carbocycles. The van der Waals surface area contributed by atoms with Crippen LogP contribution in [0, 0.1) is 0 Å². The van der Waals surface area contributed by atoms with Gasteiger partial charge in [0.15, 0.2) is 6.10 Å². The largest absolute Gasteiger partial charge is 0.494 e. The van der Waals surface area contributed by atoms with Crippen LogP contribution in [0.4, 0.5) is 0 Å². The van der Waals surface area contributed by atoms with E-state index in [0.717, 1.165) is 16.2 Å². The Hall–Kier alpha value is -2.93. The van der Waals surface area contributed by atoms with E-state index in [1.54, 1.807) is 13.0 Å². The molecule has 2 aromatic heterocycles. The molecule has 0 aliphatic carbocycles. The lowest BCUT2D eigenvalue weighted by Gasteiger charge is -2.06. The van der Waals surface area contributed by atoms with Gasteiger partial charge in [-0.05, 0) is 49.1 Å². The van der Waals surface area contributed by atoms with Crippen molar-refractivity contribution in [3.8, 4) is 16.5 Å². The molecule has 0 amide bonds. The van der Waals surface area contributed by atoms with Gasteiger partial charge in [-0.2, -0.15) is 0 Å². The van der Waals surface area contributed by atoms with Crippen LogP contribution in [0.15, 0.2) is 52.3 Å². The predicted molar refractivity (Wildman–Crippen MR) is 98.8 cm³/mol. The Labute approximate surface area is 155 Å². The monoisotopic (exact) mass is 370 g/mol. The summed E-state index contributed by atoms with van der Waals surface area (Å²) in [6, 6.07) is 11.2. The van der Waals surface area contributed by atoms with E-state index in [1.165, 1.54) is 17.4 Å². The maximum Gasteiger partial charge on any atom is 0.331 e. The third-order valence-electron chi connectivity index (χ3n) is 3.42. The highest BCUT2D eigenvalue weighted by atomic mass is 32.1. The third-order valence-corrected chi connectivity index (χ3v) is 4.27. The molecule has 0 bridgehead atoms. The fourth-order valence-electron chi connectivity index (χ4n) is 2.17. The normalized spacial score (nSPS) is 12.2. The minimum Gasteiger partial charge on any atom is -0.494 e. The summed E-state index contributed by atoms with van der Waals surface area (Å²) in [7, 11) is 0. The van der Waals surface area contributed by atoms with Gasteiger partial charge >= 0.3 is 5.97 Å². The second-order valence-corrected chi connectivity index (χ2v) is 6.28. The lowest BCUT2D eigenvalue weighted by molar-refractivity contribution is -0.143. The van der Waals surface area contributed by atoms with E-state index in [9.17, 15) is 4.79 Å². The molecule has 0 N–H and O–H groups in total. The Morgan fingerprint density at radius 1 is 1.27 bits per heavy atom. The summed E-state index contributed by atoms with van der Waals surface area (Å²) in [5, 5.41) is 9.85. The van der Waals surface area contributed by atoms with Crippen molar-refractivity contribution in [2.45, 2.75) is 20.0 Å². The highest BCUT2D eigenvalue weighted by Crippen LogP contribution is 2.25. The fraction of sp³-hybridized carbons (Fsp3) is 0.211. The van der Waals surface area contributed by atoms with Gasteiger partial charge in [0.25, 0.3) is 11.8 Å². The third kappa shape index (κ3) is 4.58. The molecular weight excluding hydrogens is 352 g/mol. The van der Waals surface area contributed by atoms with Gasteiger partial charge in [-0.25, -0.2) is 4.79 Å². The smallest absolute Gasteiger partial charge is 0.331 e. The molecule has 6 nitrogen and oxygen atoms in total. The van der Waals surface area contributed by atoms with E-state index in [-0.39, 0.29) is 5.89 Å². The van der Waals surface area contributed by atoms with Crippen molar-refractivity contribution in [1.82, 2.24) is 10.2 Å². The Morgan fingerprint density at radius 2 is 2.08 bits per heavy atom. The highest BCUT2D eigenvalue weighted by molar-refractivity contribution is 7.13. The van der Waals surface area contributed by atoms with Crippen LogP contribution in [0.2, 0.25) is 0 Å². The van der Waals surface area contributed by atoms with Crippen LogP contribution < -0.4 is 4.74 Å². The average molecular weight is 370 g/mol. The van der Waals surface area contributed by atoms with Gasteiger partial charge in [0.1, 0.15) is 5.75 Å². The maximum atomic E-state index is 12.0. The molecule has 0 aliphatic heterocycles. The van der Waals surface area contributed by atoms with Crippen LogP contribution >= 0.6 is 11.3 Å². The van der Waals surface area contributed by atoms with Crippen LogP contribution in [0.1, 0.15) is 31.4 Å². The lowest BCUT2D eigenvalue weighted by atomic mass is 10.2. The number of nitrogens with zero attached hydrogens (tertiary/aromatic N) is 2.